The number of benzene rings is 1. The smallest absolute Gasteiger partial charge is 0.108 e. The van der Waals surface area contributed by atoms with Crippen LogP contribution in [0.5, 0.6) is 0 Å². The van der Waals surface area contributed by atoms with Gasteiger partial charge in [-0.2, -0.15) is 0 Å². The van der Waals surface area contributed by atoms with Crippen LogP contribution in [0, 0.1) is 0 Å². The molecule has 15 heavy (non-hydrogen) atoms. The zero-order chi connectivity index (χ0) is 11.1. The molecule has 2 nitrogen and oxygen atoms in total. The lowest BCUT2D eigenvalue weighted by atomic mass is 10.0. The highest BCUT2D eigenvalue weighted by Gasteiger charge is 2.19. The molecule has 0 aliphatic rings. The van der Waals surface area contributed by atoms with E-state index in [9.17, 15) is 5.11 Å². The number of methoxy groups -OCH3 is 1. The van der Waals surface area contributed by atoms with Crippen molar-refractivity contribution < 1.29 is 9.84 Å². The Balaban J connectivity index is 2.63. The SMILES string of the molecule is CCCCC(O)C(OC)c1ccccc1. The molecule has 0 spiro atoms. The summed E-state index contributed by atoms with van der Waals surface area (Å²) in [5.41, 5.74) is 1.05. The number of hydrogen-bond donors (Lipinski definition) is 1. The lowest BCUT2D eigenvalue weighted by Gasteiger charge is -2.21. The molecule has 2 heteroatoms. The third kappa shape index (κ3) is 3.65. The van der Waals surface area contributed by atoms with Crippen LogP contribution in [0.4, 0.5) is 0 Å². The van der Waals surface area contributed by atoms with Crippen LogP contribution in [0.3, 0.4) is 0 Å². The van der Waals surface area contributed by atoms with Crippen molar-refractivity contribution in [2.75, 3.05) is 7.11 Å². The summed E-state index contributed by atoms with van der Waals surface area (Å²) in [6.07, 6.45) is 2.33. The lowest BCUT2D eigenvalue weighted by molar-refractivity contribution is -0.0181. The number of unbranched alkanes of at least 4 members (excludes halogenated alkanes) is 1. The van der Waals surface area contributed by atoms with Gasteiger partial charge >= 0.3 is 0 Å². The largest absolute Gasteiger partial charge is 0.390 e. The average Bonchev–Trinajstić information content (AvgIpc) is 2.29. The zero-order valence-electron chi connectivity index (χ0n) is 9.52. The van der Waals surface area contributed by atoms with E-state index in [0.29, 0.717) is 0 Å². The molecular weight excluding hydrogens is 188 g/mol. The number of aliphatic hydroxyl groups is 1. The normalized spacial score (nSPS) is 14.9. The summed E-state index contributed by atoms with van der Waals surface area (Å²) in [6, 6.07) is 9.88. The molecule has 0 aliphatic heterocycles. The maximum atomic E-state index is 9.97. The van der Waals surface area contributed by atoms with Gasteiger partial charge in [0.15, 0.2) is 0 Å². The number of hydrogen-bond acceptors (Lipinski definition) is 2. The van der Waals surface area contributed by atoms with E-state index in [2.05, 4.69) is 6.92 Å². The first-order valence-electron chi connectivity index (χ1n) is 5.55. The summed E-state index contributed by atoms with van der Waals surface area (Å²) in [5.74, 6) is 0. The van der Waals surface area contributed by atoms with E-state index in [4.69, 9.17) is 4.74 Å². The maximum absolute atomic E-state index is 9.97. The van der Waals surface area contributed by atoms with E-state index in [-0.39, 0.29) is 6.10 Å². The monoisotopic (exact) mass is 208 g/mol. The van der Waals surface area contributed by atoms with Gasteiger partial charge in [0.25, 0.3) is 0 Å². The Kier molecular flexibility index (Phi) is 5.37. The minimum atomic E-state index is -0.405. The Labute approximate surface area is 91.9 Å². The third-order valence-corrected chi connectivity index (χ3v) is 2.58. The molecule has 1 N–H and O–H groups in total. The molecule has 0 bridgehead atoms. The van der Waals surface area contributed by atoms with E-state index in [1.165, 1.54) is 0 Å². The maximum Gasteiger partial charge on any atom is 0.108 e. The molecule has 0 saturated carbocycles. The minimum Gasteiger partial charge on any atom is -0.390 e. The fourth-order valence-electron chi connectivity index (χ4n) is 1.72. The number of rotatable bonds is 6. The second-order valence-electron chi connectivity index (χ2n) is 3.78. The Morgan fingerprint density at radius 2 is 1.93 bits per heavy atom. The molecule has 0 radical (unpaired) electrons. The highest BCUT2D eigenvalue weighted by Crippen LogP contribution is 2.23. The summed E-state index contributed by atoms with van der Waals surface area (Å²) in [6.45, 7) is 2.12. The second-order valence-corrected chi connectivity index (χ2v) is 3.78. The summed E-state index contributed by atoms with van der Waals surface area (Å²) in [5, 5.41) is 9.97. The molecule has 0 aliphatic carbocycles. The summed E-state index contributed by atoms with van der Waals surface area (Å²) in [7, 11) is 1.65. The average molecular weight is 208 g/mol. The third-order valence-electron chi connectivity index (χ3n) is 2.58. The van der Waals surface area contributed by atoms with E-state index in [1.807, 2.05) is 30.3 Å². The van der Waals surface area contributed by atoms with Gasteiger partial charge in [0, 0.05) is 7.11 Å². The predicted octanol–water partition coefficient (Wildman–Crippen LogP) is 2.93. The van der Waals surface area contributed by atoms with Gasteiger partial charge in [0.1, 0.15) is 6.10 Å². The molecule has 1 aromatic carbocycles. The second kappa shape index (κ2) is 6.59. The van der Waals surface area contributed by atoms with Crippen molar-refractivity contribution in [3.05, 3.63) is 35.9 Å². The highest BCUT2D eigenvalue weighted by molar-refractivity contribution is 5.18. The van der Waals surface area contributed by atoms with Crippen molar-refractivity contribution >= 4 is 0 Å². The van der Waals surface area contributed by atoms with E-state index < -0.39 is 6.10 Å². The quantitative estimate of drug-likeness (QED) is 0.779. The molecule has 2 unspecified atom stereocenters. The van der Waals surface area contributed by atoms with Gasteiger partial charge < -0.3 is 9.84 Å². The van der Waals surface area contributed by atoms with Crippen LogP contribution in [-0.2, 0) is 4.74 Å². The van der Waals surface area contributed by atoms with Crippen molar-refractivity contribution in [3.8, 4) is 0 Å². The van der Waals surface area contributed by atoms with Crippen LogP contribution in [0.15, 0.2) is 30.3 Å². The molecular formula is C13H20O2. The van der Waals surface area contributed by atoms with Crippen LogP contribution in [0.1, 0.15) is 37.9 Å². The predicted molar refractivity (Wildman–Crippen MR) is 61.7 cm³/mol. The van der Waals surface area contributed by atoms with Gasteiger partial charge in [0.05, 0.1) is 6.10 Å². The first-order valence-corrected chi connectivity index (χ1v) is 5.55. The van der Waals surface area contributed by atoms with Crippen molar-refractivity contribution in [2.24, 2.45) is 0 Å². The first-order chi connectivity index (χ1) is 7.29. The molecule has 0 aromatic heterocycles. The van der Waals surface area contributed by atoms with Crippen molar-refractivity contribution in [3.63, 3.8) is 0 Å². The van der Waals surface area contributed by atoms with Gasteiger partial charge in [0.2, 0.25) is 0 Å². The summed E-state index contributed by atoms with van der Waals surface area (Å²) < 4.78 is 5.35. The standard InChI is InChI=1S/C13H20O2/c1-3-4-10-12(14)13(15-2)11-8-6-5-7-9-11/h5-9,12-14H,3-4,10H2,1-2H3. The van der Waals surface area contributed by atoms with Gasteiger partial charge in [-0.05, 0) is 12.0 Å². The topological polar surface area (TPSA) is 29.5 Å². The zero-order valence-corrected chi connectivity index (χ0v) is 9.52. The van der Waals surface area contributed by atoms with Gasteiger partial charge in [-0.3, -0.25) is 0 Å². The molecule has 2 atom stereocenters. The van der Waals surface area contributed by atoms with Crippen LogP contribution < -0.4 is 0 Å². The molecule has 1 aromatic rings. The van der Waals surface area contributed by atoms with Crippen molar-refractivity contribution in [1.82, 2.24) is 0 Å². The van der Waals surface area contributed by atoms with Gasteiger partial charge in [-0.1, -0.05) is 50.1 Å². The fourth-order valence-corrected chi connectivity index (χ4v) is 1.72. The Morgan fingerprint density at radius 3 is 2.47 bits per heavy atom. The Hall–Kier alpha value is -0.860. The number of ether oxygens (including phenoxy) is 1. The summed E-state index contributed by atoms with van der Waals surface area (Å²) in [4.78, 5) is 0. The summed E-state index contributed by atoms with van der Waals surface area (Å²) >= 11 is 0. The first kappa shape index (κ1) is 12.2. The van der Waals surface area contributed by atoms with Crippen molar-refractivity contribution in [1.29, 1.82) is 0 Å². The van der Waals surface area contributed by atoms with E-state index in [0.717, 1.165) is 24.8 Å². The molecule has 84 valence electrons. The number of aliphatic hydroxyl groups excluding tert-OH is 1. The highest BCUT2D eigenvalue weighted by atomic mass is 16.5. The molecule has 0 saturated heterocycles. The fraction of sp³-hybridized carbons (Fsp3) is 0.538. The van der Waals surface area contributed by atoms with E-state index >= 15 is 0 Å². The van der Waals surface area contributed by atoms with Crippen LogP contribution >= 0.6 is 0 Å². The molecule has 0 amide bonds. The van der Waals surface area contributed by atoms with Crippen LogP contribution in [-0.4, -0.2) is 18.3 Å². The Morgan fingerprint density at radius 1 is 1.27 bits per heavy atom. The Bertz CT molecular complexity index is 258. The molecule has 0 heterocycles. The molecule has 1 rings (SSSR count). The molecule has 0 fully saturated rings. The van der Waals surface area contributed by atoms with Crippen molar-refractivity contribution in [2.45, 2.75) is 38.4 Å². The minimum absolute atomic E-state index is 0.197. The van der Waals surface area contributed by atoms with Gasteiger partial charge in [-0.15, -0.1) is 0 Å². The lowest BCUT2D eigenvalue weighted by Crippen LogP contribution is -2.20. The van der Waals surface area contributed by atoms with Gasteiger partial charge in [-0.25, -0.2) is 0 Å². The van der Waals surface area contributed by atoms with Crippen LogP contribution in [0.2, 0.25) is 0 Å². The van der Waals surface area contributed by atoms with E-state index in [1.54, 1.807) is 7.11 Å². The van der Waals surface area contributed by atoms with Crippen LogP contribution in [0.25, 0.3) is 0 Å².